The maximum absolute atomic E-state index is 12.2. The van der Waals surface area contributed by atoms with Crippen LogP contribution in [-0.2, 0) is 0 Å². The van der Waals surface area contributed by atoms with Crippen LogP contribution in [-0.4, -0.2) is 30.8 Å². The Morgan fingerprint density at radius 3 is 2.86 bits per heavy atom. The molecule has 9 heteroatoms. The summed E-state index contributed by atoms with van der Waals surface area (Å²) in [4.78, 5) is 22.5. The number of ether oxygens (including phenoxy) is 2. The number of nitrogens with zero attached hydrogens (tertiary/aromatic N) is 2. The summed E-state index contributed by atoms with van der Waals surface area (Å²) in [5, 5.41) is 15.2. The third-order valence-electron chi connectivity index (χ3n) is 3.81. The van der Waals surface area contributed by atoms with E-state index in [4.69, 9.17) is 20.3 Å². The Balaban J connectivity index is 1.70. The van der Waals surface area contributed by atoms with Crippen LogP contribution >= 0.6 is 0 Å². The lowest BCUT2D eigenvalue weighted by Crippen LogP contribution is -2.16. The maximum Gasteiger partial charge on any atom is 0.307 e. The van der Waals surface area contributed by atoms with Gasteiger partial charge in [-0.15, -0.1) is 6.42 Å². The van der Waals surface area contributed by atoms with Gasteiger partial charge in [-0.3, -0.25) is 14.9 Å². The van der Waals surface area contributed by atoms with E-state index in [0.29, 0.717) is 28.0 Å². The van der Waals surface area contributed by atoms with Gasteiger partial charge in [0, 0.05) is 17.5 Å². The number of fused-ring (bicyclic) bond motifs is 1. The Morgan fingerprint density at radius 2 is 2.14 bits per heavy atom. The molecule has 1 N–H and O–H groups in total. The summed E-state index contributed by atoms with van der Waals surface area (Å²) in [6.07, 6.45) is 6.59. The number of nitrogens with one attached hydrogen (secondary N) is 1. The minimum absolute atomic E-state index is 0.0201. The number of benzene rings is 2. The molecule has 0 fully saturated rings. The molecule has 0 unspecified atom stereocenters. The molecule has 2 aromatic carbocycles. The largest absolute Gasteiger partial charge is 0.493 e. The van der Waals surface area contributed by atoms with Crippen molar-refractivity contribution in [1.29, 1.82) is 0 Å². The molecular formula is C20H15N3O6. The van der Waals surface area contributed by atoms with Gasteiger partial charge in [-0.25, -0.2) is 5.43 Å². The molecule has 3 rings (SSSR count). The number of nitro groups is 1. The molecule has 3 aromatic rings. The lowest BCUT2D eigenvalue weighted by atomic mass is 10.2. The molecular weight excluding hydrogens is 378 g/mol. The van der Waals surface area contributed by atoms with Gasteiger partial charge in [0.1, 0.15) is 12.2 Å². The highest BCUT2D eigenvalue weighted by Gasteiger charge is 2.14. The molecule has 1 amide bonds. The Kier molecular flexibility index (Phi) is 5.75. The molecule has 146 valence electrons. The molecule has 0 aliphatic rings. The second kappa shape index (κ2) is 8.58. The predicted molar refractivity (Wildman–Crippen MR) is 105 cm³/mol. The SMILES string of the molecule is C#CCOc1ccc(/C=N/NC(=O)c2cc3cc([N+](=O)[O-])ccc3o2)cc1OC. The van der Waals surface area contributed by atoms with E-state index in [2.05, 4.69) is 16.4 Å². The van der Waals surface area contributed by atoms with Crippen LogP contribution < -0.4 is 14.9 Å². The van der Waals surface area contributed by atoms with Crippen LogP contribution in [0.3, 0.4) is 0 Å². The Morgan fingerprint density at radius 1 is 1.31 bits per heavy atom. The van der Waals surface area contributed by atoms with Crippen molar-refractivity contribution in [3.05, 3.63) is 63.9 Å². The smallest absolute Gasteiger partial charge is 0.307 e. The summed E-state index contributed by atoms with van der Waals surface area (Å²) in [5.74, 6) is 2.71. The summed E-state index contributed by atoms with van der Waals surface area (Å²) in [7, 11) is 1.49. The number of terminal acetylenes is 1. The molecule has 1 aromatic heterocycles. The first-order valence-corrected chi connectivity index (χ1v) is 8.27. The number of hydrogen-bond donors (Lipinski definition) is 1. The molecule has 0 radical (unpaired) electrons. The number of hydrazone groups is 1. The minimum atomic E-state index is -0.596. The van der Waals surface area contributed by atoms with E-state index in [0.717, 1.165) is 0 Å². The number of non-ortho nitro benzene ring substituents is 1. The molecule has 1 heterocycles. The number of carbonyl (C=O) groups is 1. The molecule has 0 saturated carbocycles. The van der Waals surface area contributed by atoms with Crippen molar-refractivity contribution in [3.63, 3.8) is 0 Å². The third-order valence-corrected chi connectivity index (χ3v) is 3.81. The van der Waals surface area contributed by atoms with Gasteiger partial charge in [0.05, 0.1) is 18.2 Å². The molecule has 0 saturated heterocycles. The molecule has 0 atom stereocenters. The molecule has 0 bridgehead atoms. The van der Waals surface area contributed by atoms with Crippen LogP contribution in [0.4, 0.5) is 5.69 Å². The zero-order chi connectivity index (χ0) is 20.8. The van der Waals surface area contributed by atoms with Crippen molar-refractivity contribution in [3.8, 4) is 23.8 Å². The number of amides is 1. The van der Waals surface area contributed by atoms with Crippen LogP contribution in [0.2, 0.25) is 0 Å². The Bertz CT molecular complexity index is 1140. The fourth-order valence-electron chi connectivity index (χ4n) is 2.48. The van der Waals surface area contributed by atoms with E-state index in [1.165, 1.54) is 37.6 Å². The highest BCUT2D eigenvalue weighted by Crippen LogP contribution is 2.27. The fraction of sp³-hybridized carbons (Fsp3) is 0.100. The van der Waals surface area contributed by atoms with Crippen LogP contribution in [0, 0.1) is 22.5 Å². The quantitative estimate of drug-likeness (QED) is 0.285. The maximum atomic E-state index is 12.2. The van der Waals surface area contributed by atoms with E-state index >= 15 is 0 Å². The van der Waals surface area contributed by atoms with E-state index in [1.54, 1.807) is 18.2 Å². The highest BCUT2D eigenvalue weighted by atomic mass is 16.6. The van der Waals surface area contributed by atoms with E-state index in [1.807, 2.05) is 0 Å². The summed E-state index contributed by atoms with van der Waals surface area (Å²) in [6, 6.07) is 10.5. The lowest BCUT2D eigenvalue weighted by molar-refractivity contribution is -0.384. The normalized spacial score (nSPS) is 10.6. The fourth-order valence-corrected chi connectivity index (χ4v) is 2.48. The van der Waals surface area contributed by atoms with Gasteiger partial charge >= 0.3 is 5.91 Å². The average molecular weight is 393 g/mol. The third kappa shape index (κ3) is 4.51. The van der Waals surface area contributed by atoms with Crippen molar-refractivity contribution in [2.24, 2.45) is 5.10 Å². The Labute approximate surface area is 165 Å². The van der Waals surface area contributed by atoms with E-state index in [9.17, 15) is 14.9 Å². The van der Waals surface area contributed by atoms with E-state index in [-0.39, 0.29) is 18.1 Å². The van der Waals surface area contributed by atoms with Gasteiger partial charge in [0.25, 0.3) is 5.69 Å². The van der Waals surface area contributed by atoms with Crippen molar-refractivity contribution in [1.82, 2.24) is 5.43 Å². The van der Waals surface area contributed by atoms with Gasteiger partial charge in [-0.2, -0.15) is 5.10 Å². The predicted octanol–water partition coefficient (Wildman–Crippen LogP) is 3.13. The number of methoxy groups -OCH3 is 1. The van der Waals surface area contributed by atoms with Gasteiger partial charge in [-0.05, 0) is 35.9 Å². The molecule has 29 heavy (non-hydrogen) atoms. The second-order valence-corrected chi connectivity index (χ2v) is 5.69. The summed E-state index contributed by atoms with van der Waals surface area (Å²) < 4.78 is 16.0. The van der Waals surface area contributed by atoms with Crippen molar-refractivity contribution >= 4 is 28.8 Å². The summed E-state index contributed by atoms with van der Waals surface area (Å²) in [6.45, 7) is 0.112. The lowest BCUT2D eigenvalue weighted by Gasteiger charge is -2.08. The van der Waals surface area contributed by atoms with Crippen molar-refractivity contribution in [2.45, 2.75) is 0 Å². The monoisotopic (exact) mass is 393 g/mol. The average Bonchev–Trinajstić information content (AvgIpc) is 3.16. The van der Waals surface area contributed by atoms with Gasteiger partial charge in [-0.1, -0.05) is 5.92 Å². The molecule has 0 aliphatic carbocycles. The van der Waals surface area contributed by atoms with Gasteiger partial charge in [0.2, 0.25) is 0 Å². The van der Waals surface area contributed by atoms with Crippen LogP contribution in [0.5, 0.6) is 11.5 Å². The van der Waals surface area contributed by atoms with Gasteiger partial charge < -0.3 is 13.9 Å². The molecule has 9 nitrogen and oxygen atoms in total. The number of nitro benzene ring substituents is 1. The van der Waals surface area contributed by atoms with Crippen molar-refractivity contribution in [2.75, 3.05) is 13.7 Å². The summed E-state index contributed by atoms with van der Waals surface area (Å²) in [5.41, 5.74) is 3.25. The summed E-state index contributed by atoms with van der Waals surface area (Å²) >= 11 is 0. The number of hydrogen-bond acceptors (Lipinski definition) is 7. The first-order valence-electron chi connectivity index (χ1n) is 8.27. The minimum Gasteiger partial charge on any atom is -0.493 e. The molecule has 0 aliphatic heterocycles. The number of carbonyl (C=O) groups excluding carboxylic acids is 1. The molecule has 0 spiro atoms. The Hall–Kier alpha value is -4.32. The van der Waals surface area contributed by atoms with Gasteiger partial charge in [0.15, 0.2) is 17.3 Å². The second-order valence-electron chi connectivity index (χ2n) is 5.69. The van der Waals surface area contributed by atoms with Crippen molar-refractivity contribution < 1.29 is 23.6 Å². The van der Waals surface area contributed by atoms with Crippen LogP contribution in [0.25, 0.3) is 11.0 Å². The van der Waals surface area contributed by atoms with E-state index < -0.39 is 10.8 Å². The number of rotatable bonds is 7. The van der Waals surface area contributed by atoms with Crippen LogP contribution in [0.15, 0.2) is 52.0 Å². The first kappa shape index (κ1) is 19.4. The number of furan rings is 1. The zero-order valence-electron chi connectivity index (χ0n) is 15.2. The zero-order valence-corrected chi connectivity index (χ0v) is 15.2. The topological polar surface area (TPSA) is 116 Å². The highest BCUT2D eigenvalue weighted by molar-refractivity contribution is 5.97. The van der Waals surface area contributed by atoms with Crippen LogP contribution in [0.1, 0.15) is 16.1 Å². The standard InChI is InChI=1S/C20H15N3O6/c1-3-8-28-17-6-4-13(9-18(17)27-2)12-21-22-20(24)19-11-14-10-15(23(25)26)5-7-16(14)29-19/h1,4-7,9-12H,8H2,2H3,(H,22,24)/b21-12+. The first-order chi connectivity index (χ1) is 14.0.